The molecule has 0 aromatic carbocycles. The Labute approximate surface area is 117 Å². The van der Waals surface area contributed by atoms with E-state index in [0.29, 0.717) is 23.3 Å². The first-order valence-corrected chi connectivity index (χ1v) is 6.62. The summed E-state index contributed by atoms with van der Waals surface area (Å²) in [4.78, 5) is 4.14. The Bertz CT molecular complexity index is 541. The van der Waals surface area contributed by atoms with E-state index in [4.69, 9.17) is 16.3 Å². The van der Waals surface area contributed by atoms with Crippen molar-refractivity contribution < 1.29 is 4.74 Å². The molecule has 19 heavy (non-hydrogen) atoms. The van der Waals surface area contributed by atoms with Gasteiger partial charge in [-0.2, -0.15) is 0 Å². The van der Waals surface area contributed by atoms with Crippen LogP contribution in [-0.4, -0.2) is 21.7 Å². The summed E-state index contributed by atoms with van der Waals surface area (Å²) in [5.74, 6) is 0.990. The molecule has 0 saturated heterocycles. The number of hydrogen-bond donors (Lipinski definition) is 2. The summed E-state index contributed by atoms with van der Waals surface area (Å²) in [5.41, 5.74) is 1.90. The van der Waals surface area contributed by atoms with E-state index < -0.39 is 0 Å². The molecule has 0 atom stereocenters. The summed E-state index contributed by atoms with van der Waals surface area (Å²) in [6.07, 6.45) is 2.68. The molecule has 2 aromatic rings. The average molecular weight is 281 g/mol. The fourth-order valence-electron chi connectivity index (χ4n) is 1.60. The highest BCUT2D eigenvalue weighted by molar-refractivity contribution is 6.31. The largest absolute Gasteiger partial charge is 0.419 e. The van der Waals surface area contributed by atoms with Crippen molar-refractivity contribution in [3.8, 4) is 11.8 Å². The zero-order valence-corrected chi connectivity index (χ0v) is 11.8. The highest BCUT2D eigenvalue weighted by atomic mass is 35.5. The lowest BCUT2D eigenvalue weighted by Crippen LogP contribution is -2.14. The maximum absolute atomic E-state index is 6.10. The second-order valence-corrected chi connectivity index (χ2v) is 4.69. The van der Waals surface area contributed by atoms with Gasteiger partial charge in [-0.25, -0.2) is 4.98 Å². The number of ether oxygens (including phenoxy) is 1. The number of aryl methyl sites for hydroxylation is 1. The monoisotopic (exact) mass is 280 g/mol. The molecule has 0 aliphatic carbocycles. The van der Waals surface area contributed by atoms with Gasteiger partial charge in [0, 0.05) is 30.6 Å². The van der Waals surface area contributed by atoms with Crippen LogP contribution in [0.5, 0.6) is 11.8 Å². The molecule has 6 heteroatoms. The number of nitrogens with zero attached hydrogens (tertiary/aromatic N) is 2. The van der Waals surface area contributed by atoms with Gasteiger partial charge in [-0.05, 0) is 25.5 Å². The SMILES string of the molecule is CCCNCc1cc(Oc2cc(C)[nH]n2)ncc1Cl. The van der Waals surface area contributed by atoms with Crippen molar-refractivity contribution in [3.05, 3.63) is 34.6 Å². The lowest BCUT2D eigenvalue weighted by molar-refractivity contribution is 0.442. The molecule has 0 radical (unpaired) electrons. The highest BCUT2D eigenvalue weighted by Gasteiger charge is 2.06. The number of nitrogens with one attached hydrogen (secondary N) is 2. The van der Waals surface area contributed by atoms with Crippen LogP contribution in [0.25, 0.3) is 0 Å². The molecule has 0 amide bonds. The zero-order chi connectivity index (χ0) is 13.7. The molecule has 2 rings (SSSR count). The summed E-state index contributed by atoms with van der Waals surface area (Å²) in [7, 11) is 0. The molecular weight excluding hydrogens is 264 g/mol. The van der Waals surface area contributed by atoms with E-state index in [1.165, 1.54) is 0 Å². The van der Waals surface area contributed by atoms with Crippen molar-refractivity contribution in [2.75, 3.05) is 6.54 Å². The Balaban J connectivity index is 2.07. The molecule has 0 aliphatic rings. The highest BCUT2D eigenvalue weighted by Crippen LogP contribution is 2.23. The molecule has 102 valence electrons. The lowest BCUT2D eigenvalue weighted by atomic mass is 10.2. The molecule has 0 fully saturated rings. The van der Waals surface area contributed by atoms with Crippen molar-refractivity contribution in [1.29, 1.82) is 0 Å². The van der Waals surface area contributed by atoms with Crippen molar-refractivity contribution >= 4 is 11.6 Å². The predicted octanol–water partition coefficient (Wildman–Crippen LogP) is 3.06. The first-order valence-electron chi connectivity index (χ1n) is 6.24. The van der Waals surface area contributed by atoms with E-state index in [1.54, 1.807) is 6.20 Å². The van der Waals surface area contributed by atoms with Crippen LogP contribution in [0, 0.1) is 6.92 Å². The Hall–Kier alpha value is -1.59. The van der Waals surface area contributed by atoms with Gasteiger partial charge < -0.3 is 10.1 Å². The van der Waals surface area contributed by atoms with E-state index in [0.717, 1.165) is 24.2 Å². The normalized spacial score (nSPS) is 10.7. The van der Waals surface area contributed by atoms with Crippen LogP contribution in [0.2, 0.25) is 5.02 Å². The number of aromatic amines is 1. The maximum Gasteiger partial charge on any atom is 0.240 e. The third-order valence-corrected chi connectivity index (χ3v) is 2.88. The summed E-state index contributed by atoms with van der Waals surface area (Å²) >= 11 is 6.10. The van der Waals surface area contributed by atoms with E-state index in [9.17, 15) is 0 Å². The van der Waals surface area contributed by atoms with Crippen LogP contribution in [-0.2, 0) is 6.54 Å². The number of H-pyrrole nitrogens is 1. The Morgan fingerprint density at radius 1 is 1.37 bits per heavy atom. The van der Waals surface area contributed by atoms with Gasteiger partial charge in [0.15, 0.2) is 0 Å². The van der Waals surface area contributed by atoms with Crippen LogP contribution in [0.15, 0.2) is 18.3 Å². The number of hydrogen-bond acceptors (Lipinski definition) is 4. The minimum absolute atomic E-state index is 0.490. The van der Waals surface area contributed by atoms with Gasteiger partial charge in [-0.1, -0.05) is 18.5 Å². The van der Waals surface area contributed by atoms with Gasteiger partial charge in [0.1, 0.15) is 0 Å². The Morgan fingerprint density at radius 2 is 2.21 bits per heavy atom. The molecule has 0 unspecified atom stereocenters. The van der Waals surface area contributed by atoms with Gasteiger partial charge in [0.2, 0.25) is 11.8 Å². The minimum Gasteiger partial charge on any atom is -0.419 e. The zero-order valence-electron chi connectivity index (χ0n) is 11.0. The lowest BCUT2D eigenvalue weighted by Gasteiger charge is -2.07. The van der Waals surface area contributed by atoms with E-state index in [2.05, 4.69) is 27.4 Å². The van der Waals surface area contributed by atoms with Crippen molar-refractivity contribution in [3.63, 3.8) is 0 Å². The number of aromatic nitrogens is 3. The van der Waals surface area contributed by atoms with Crippen LogP contribution in [0.3, 0.4) is 0 Å². The number of rotatable bonds is 6. The van der Waals surface area contributed by atoms with Crippen LogP contribution in [0.4, 0.5) is 0 Å². The third-order valence-electron chi connectivity index (χ3n) is 2.54. The molecule has 5 nitrogen and oxygen atoms in total. The summed E-state index contributed by atoms with van der Waals surface area (Å²) in [5, 5.41) is 10.7. The maximum atomic E-state index is 6.10. The molecule has 0 bridgehead atoms. The molecule has 2 heterocycles. The van der Waals surface area contributed by atoms with Gasteiger partial charge in [-0.3, -0.25) is 5.10 Å². The quantitative estimate of drug-likeness (QED) is 0.798. The van der Waals surface area contributed by atoms with Crippen LogP contribution >= 0.6 is 11.6 Å². The first-order chi connectivity index (χ1) is 9.19. The van der Waals surface area contributed by atoms with Crippen molar-refractivity contribution in [1.82, 2.24) is 20.5 Å². The van der Waals surface area contributed by atoms with Crippen LogP contribution in [0.1, 0.15) is 24.6 Å². The minimum atomic E-state index is 0.490. The Kier molecular flexibility index (Phi) is 4.76. The third kappa shape index (κ3) is 3.94. The van der Waals surface area contributed by atoms with E-state index in [1.807, 2.05) is 19.1 Å². The topological polar surface area (TPSA) is 62.8 Å². The number of pyridine rings is 1. The number of halogens is 1. The standard InChI is InChI=1S/C13H17ClN4O/c1-3-4-15-7-10-6-12(16-8-11(10)14)19-13-5-9(2)17-18-13/h5-6,8,15H,3-4,7H2,1-2H3,(H,17,18). The molecule has 2 aromatic heterocycles. The first kappa shape index (κ1) is 13.8. The average Bonchev–Trinajstić information content (AvgIpc) is 2.79. The Morgan fingerprint density at radius 3 is 2.89 bits per heavy atom. The molecule has 0 saturated carbocycles. The van der Waals surface area contributed by atoms with E-state index in [-0.39, 0.29) is 0 Å². The van der Waals surface area contributed by atoms with Gasteiger partial charge in [-0.15, -0.1) is 5.10 Å². The summed E-state index contributed by atoms with van der Waals surface area (Å²) in [6.45, 7) is 5.68. The molecular formula is C13H17ClN4O. The van der Waals surface area contributed by atoms with Crippen molar-refractivity contribution in [2.24, 2.45) is 0 Å². The van der Waals surface area contributed by atoms with Gasteiger partial charge in [0.05, 0.1) is 5.02 Å². The smallest absolute Gasteiger partial charge is 0.240 e. The summed E-state index contributed by atoms with van der Waals surface area (Å²) in [6, 6.07) is 3.64. The predicted molar refractivity (Wildman–Crippen MR) is 74.6 cm³/mol. The molecule has 2 N–H and O–H groups in total. The van der Waals surface area contributed by atoms with Gasteiger partial charge >= 0.3 is 0 Å². The van der Waals surface area contributed by atoms with Crippen molar-refractivity contribution in [2.45, 2.75) is 26.8 Å². The second-order valence-electron chi connectivity index (χ2n) is 4.28. The fourth-order valence-corrected chi connectivity index (χ4v) is 1.77. The van der Waals surface area contributed by atoms with Gasteiger partial charge in [0.25, 0.3) is 0 Å². The van der Waals surface area contributed by atoms with E-state index >= 15 is 0 Å². The molecule has 0 spiro atoms. The fraction of sp³-hybridized carbons (Fsp3) is 0.385. The summed E-state index contributed by atoms with van der Waals surface area (Å²) < 4.78 is 5.56. The molecule has 0 aliphatic heterocycles. The van der Waals surface area contributed by atoms with Crippen LogP contribution < -0.4 is 10.1 Å². The second kappa shape index (κ2) is 6.54.